The molecule has 0 N–H and O–H groups in total. The zero-order valence-electron chi connectivity index (χ0n) is 15.9. The van der Waals surface area contributed by atoms with Crippen LogP contribution < -0.4 is 9.64 Å². The fourth-order valence-corrected chi connectivity index (χ4v) is 3.26. The van der Waals surface area contributed by atoms with Crippen LogP contribution in [0.5, 0.6) is 11.6 Å². The summed E-state index contributed by atoms with van der Waals surface area (Å²) in [6, 6.07) is 5.88. The zero-order chi connectivity index (χ0) is 19.9. The molecule has 0 radical (unpaired) electrons. The summed E-state index contributed by atoms with van der Waals surface area (Å²) in [5.41, 5.74) is 0. The molecule has 0 bridgehead atoms. The van der Waals surface area contributed by atoms with Crippen molar-refractivity contribution in [3.8, 4) is 11.6 Å². The van der Waals surface area contributed by atoms with Gasteiger partial charge in [-0.2, -0.15) is 0 Å². The number of amides is 1. The van der Waals surface area contributed by atoms with Crippen LogP contribution in [0.3, 0.4) is 0 Å². The Bertz CT molecular complexity index is 813. The molecule has 1 saturated heterocycles. The predicted octanol–water partition coefficient (Wildman–Crippen LogP) is 4.29. The number of halogens is 2. The number of hydrogen-bond acceptors (Lipinski definition) is 5. The Balaban J connectivity index is 1.57. The van der Waals surface area contributed by atoms with Gasteiger partial charge in [-0.15, -0.1) is 0 Å². The molecule has 28 heavy (non-hydrogen) atoms. The summed E-state index contributed by atoms with van der Waals surface area (Å²) in [5, 5.41) is -0.00787. The summed E-state index contributed by atoms with van der Waals surface area (Å²) in [7, 11) is 0. The smallest absolute Gasteiger partial charge is 0.224 e. The lowest BCUT2D eigenvalue weighted by Crippen LogP contribution is -2.49. The topological polar surface area (TPSA) is 58.6 Å². The summed E-state index contributed by atoms with van der Waals surface area (Å²) in [5.74, 6) is 1.22. The summed E-state index contributed by atoms with van der Waals surface area (Å²) in [4.78, 5) is 24.7. The van der Waals surface area contributed by atoms with Crippen LogP contribution in [0.25, 0.3) is 0 Å². The third-order valence-electron chi connectivity index (χ3n) is 4.69. The predicted molar refractivity (Wildman–Crippen MR) is 106 cm³/mol. The van der Waals surface area contributed by atoms with Crippen molar-refractivity contribution >= 4 is 23.3 Å². The first-order valence-electron chi connectivity index (χ1n) is 9.54. The monoisotopic (exact) mass is 406 g/mol. The third kappa shape index (κ3) is 5.32. The Morgan fingerprint density at radius 1 is 1.18 bits per heavy atom. The largest absolute Gasteiger partial charge is 0.439 e. The highest BCUT2D eigenvalue weighted by Gasteiger charge is 2.22. The number of rotatable bonds is 7. The molecule has 0 aliphatic carbocycles. The van der Waals surface area contributed by atoms with E-state index in [-0.39, 0.29) is 10.9 Å². The number of hydrogen-bond donors (Lipinski definition) is 0. The highest BCUT2D eigenvalue weighted by atomic mass is 35.5. The zero-order valence-corrected chi connectivity index (χ0v) is 16.7. The summed E-state index contributed by atoms with van der Waals surface area (Å²) < 4.78 is 18.9. The van der Waals surface area contributed by atoms with E-state index < -0.39 is 5.82 Å². The fourth-order valence-electron chi connectivity index (χ4n) is 3.09. The number of piperazine rings is 1. The van der Waals surface area contributed by atoms with Crippen molar-refractivity contribution in [2.45, 2.75) is 32.6 Å². The van der Waals surface area contributed by atoms with Gasteiger partial charge in [-0.1, -0.05) is 31.4 Å². The van der Waals surface area contributed by atoms with E-state index in [1.54, 1.807) is 6.07 Å². The molecule has 0 unspecified atom stereocenters. The molecular formula is C20H24ClFN4O2. The van der Waals surface area contributed by atoms with Crippen molar-refractivity contribution in [1.82, 2.24) is 14.9 Å². The van der Waals surface area contributed by atoms with Gasteiger partial charge in [-0.3, -0.25) is 4.79 Å². The molecule has 1 aliphatic heterocycles. The van der Waals surface area contributed by atoms with Gasteiger partial charge in [-0.05, 0) is 18.6 Å². The van der Waals surface area contributed by atoms with Crippen LogP contribution >= 0.6 is 11.6 Å². The Hall–Kier alpha value is -2.41. The van der Waals surface area contributed by atoms with E-state index in [4.69, 9.17) is 16.3 Å². The van der Waals surface area contributed by atoms with Crippen LogP contribution in [0, 0.1) is 5.82 Å². The molecule has 8 heteroatoms. The molecule has 1 aliphatic rings. The van der Waals surface area contributed by atoms with E-state index in [0.717, 1.165) is 25.1 Å². The van der Waals surface area contributed by atoms with Gasteiger partial charge in [-0.25, -0.2) is 14.4 Å². The highest BCUT2D eigenvalue weighted by molar-refractivity contribution is 6.30. The first kappa shape index (κ1) is 20.3. The van der Waals surface area contributed by atoms with Crippen molar-refractivity contribution < 1.29 is 13.9 Å². The van der Waals surface area contributed by atoms with Crippen molar-refractivity contribution in [3.05, 3.63) is 41.4 Å². The maximum Gasteiger partial charge on any atom is 0.224 e. The van der Waals surface area contributed by atoms with Crippen molar-refractivity contribution in [2.75, 3.05) is 31.1 Å². The minimum atomic E-state index is -0.500. The molecule has 0 spiro atoms. The Morgan fingerprint density at radius 2 is 1.96 bits per heavy atom. The number of unbranched alkanes of at least 4 members (excludes halogenated alkanes) is 2. The second-order valence-corrected chi connectivity index (χ2v) is 7.12. The average Bonchev–Trinajstić information content (AvgIpc) is 2.71. The van der Waals surface area contributed by atoms with Crippen LogP contribution in [-0.2, 0) is 4.79 Å². The van der Waals surface area contributed by atoms with Crippen LogP contribution in [0.1, 0.15) is 32.6 Å². The van der Waals surface area contributed by atoms with Gasteiger partial charge in [0, 0.05) is 44.7 Å². The quantitative estimate of drug-likeness (QED) is 0.642. The summed E-state index contributed by atoms with van der Waals surface area (Å²) in [6.45, 7) is 4.90. The van der Waals surface area contributed by atoms with Gasteiger partial charge in [0.2, 0.25) is 11.8 Å². The number of carbonyl (C=O) groups is 1. The normalized spacial score (nSPS) is 14.2. The minimum absolute atomic E-state index is 0.00787. The summed E-state index contributed by atoms with van der Waals surface area (Å²) >= 11 is 5.78. The molecule has 2 aromatic rings. The molecule has 1 fully saturated rings. The molecule has 2 heterocycles. The highest BCUT2D eigenvalue weighted by Crippen LogP contribution is 2.26. The first-order chi connectivity index (χ1) is 13.6. The molecule has 0 atom stereocenters. The van der Waals surface area contributed by atoms with Gasteiger partial charge < -0.3 is 14.5 Å². The molecule has 1 aromatic carbocycles. The van der Waals surface area contributed by atoms with E-state index in [0.29, 0.717) is 44.2 Å². The van der Waals surface area contributed by atoms with E-state index in [2.05, 4.69) is 21.8 Å². The molecule has 0 saturated carbocycles. The van der Waals surface area contributed by atoms with Crippen molar-refractivity contribution in [1.29, 1.82) is 0 Å². The molecule has 150 valence electrons. The van der Waals surface area contributed by atoms with Gasteiger partial charge in [0.15, 0.2) is 0 Å². The Labute approximate surface area is 169 Å². The second-order valence-electron chi connectivity index (χ2n) is 6.72. The maximum atomic E-state index is 13.3. The number of ether oxygens (including phenoxy) is 1. The van der Waals surface area contributed by atoms with Gasteiger partial charge >= 0.3 is 0 Å². The lowest BCUT2D eigenvalue weighted by atomic mass is 10.2. The maximum absolute atomic E-state index is 13.3. The van der Waals surface area contributed by atoms with Crippen LogP contribution in [0.4, 0.5) is 10.2 Å². The molecule has 3 rings (SSSR count). The number of nitrogens with zero attached hydrogens (tertiary/aromatic N) is 4. The number of carbonyl (C=O) groups excluding carboxylic acids is 1. The van der Waals surface area contributed by atoms with Gasteiger partial charge in [0.25, 0.3) is 0 Å². The SMILES string of the molecule is CCCCCC(=O)N1CCN(c2cc(Oc3ccc(F)c(Cl)c3)ncn2)CC1. The lowest BCUT2D eigenvalue weighted by Gasteiger charge is -2.35. The van der Waals surface area contributed by atoms with Gasteiger partial charge in [0.05, 0.1) is 5.02 Å². The Kier molecular flexibility index (Phi) is 7.03. The van der Waals surface area contributed by atoms with Crippen LogP contribution in [0.15, 0.2) is 30.6 Å². The molecule has 1 aromatic heterocycles. The van der Waals surface area contributed by atoms with Crippen molar-refractivity contribution in [3.63, 3.8) is 0 Å². The average molecular weight is 407 g/mol. The van der Waals surface area contributed by atoms with Crippen molar-refractivity contribution in [2.24, 2.45) is 0 Å². The fraction of sp³-hybridized carbons (Fsp3) is 0.450. The number of anilines is 1. The van der Waals surface area contributed by atoms with E-state index in [9.17, 15) is 9.18 Å². The standard InChI is InChI=1S/C20H24ClFN4O2/c1-2-3-4-5-20(27)26-10-8-25(9-11-26)18-13-19(24-14-23-18)28-15-6-7-17(22)16(21)12-15/h6-7,12-14H,2-5,8-11H2,1H3. The third-order valence-corrected chi connectivity index (χ3v) is 4.98. The Morgan fingerprint density at radius 3 is 2.68 bits per heavy atom. The molecule has 6 nitrogen and oxygen atoms in total. The van der Waals surface area contributed by atoms with E-state index >= 15 is 0 Å². The summed E-state index contributed by atoms with van der Waals surface area (Å²) in [6.07, 6.45) is 5.21. The molecular weight excluding hydrogens is 383 g/mol. The number of benzene rings is 1. The minimum Gasteiger partial charge on any atom is -0.439 e. The first-order valence-corrected chi connectivity index (χ1v) is 9.92. The van der Waals surface area contributed by atoms with E-state index in [1.807, 2.05) is 4.90 Å². The van der Waals surface area contributed by atoms with Crippen LogP contribution in [0.2, 0.25) is 5.02 Å². The van der Waals surface area contributed by atoms with Crippen LogP contribution in [-0.4, -0.2) is 47.0 Å². The molecule has 1 amide bonds. The number of aromatic nitrogens is 2. The lowest BCUT2D eigenvalue weighted by molar-refractivity contribution is -0.131. The van der Waals surface area contributed by atoms with Gasteiger partial charge in [0.1, 0.15) is 23.7 Å². The van der Waals surface area contributed by atoms with E-state index in [1.165, 1.54) is 24.5 Å². The second kappa shape index (κ2) is 9.68.